The molecule has 0 spiro atoms. The summed E-state index contributed by atoms with van der Waals surface area (Å²) in [6.07, 6.45) is 0. The predicted molar refractivity (Wildman–Crippen MR) is 101 cm³/mol. The topological polar surface area (TPSA) is 35.5 Å². The molecule has 0 N–H and O–H groups in total. The fourth-order valence-electron chi connectivity index (χ4n) is 2.37. The second kappa shape index (κ2) is 7.96. The molecule has 0 aliphatic rings. The smallest absolute Gasteiger partial charge is 0.344 e. The zero-order valence-electron chi connectivity index (χ0n) is 13.0. The van der Waals surface area contributed by atoms with E-state index in [1.165, 1.54) is 12.1 Å². The van der Waals surface area contributed by atoms with E-state index in [-0.39, 0.29) is 24.0 Å². The van der Waals surface area contributed by atoms with Gasteiger partial charge in [0, 0.05) is 6.07 Å². The Morgan fingerprint density at radius 3 is 2.44 bits per heavy atom. The molecule has 3 aromatic carbocycles. The van der Waals surface area contributed by atoms with E-state index in [9.17, 15) is 4.79 Å². The first-order valence-corrected chi connectivity index (χ1v) is 8.57. The van der Waals surface area contributed by atoms with Crippen molar-refractivity contribution in [3.05, 3.63) is 75.2 Å². The van der Waals surface area contributed by atoms with Gasteiger partial charge < -0.3 is 9.47 Å². The van der Waals surface area contributed by atoms with Crippen molar-refractivity contribution in [2.45, 2.75) is 6.61 Å². The lowest BCUT2D eigenvalue weighted by Gasteiger charge is -2.10. The molecule has 0 aliphatic carbocycles. The Balaban J connectivity index is 1.61. The van der Waals surface area contributed by atoms with E-state index in [4.69, 9.17) is 44.3 Å². The summed E-state index contributed by atoms with van der Waals surface area (Å²) < 4.78 is 10.6. The third-order valence-corrected chi connectivity index (χ3v) is 4.61. The van der Waals surface area contributed by atoms with Crippen molar-refractivity contribution in [2.24, 2.45) is 0 Å². The SMILES string of the molecule is O=C(COc1cc(Cl)c(Cl)cc1Cl)OCc1cccc2ccccc12. The van der Waals surface area contributed by atoms with Crippen LogP contribution in [-0.4, -0.2) is 12.6 Å². The zero-order chi connectivity index (χ0) is 17.8. The van der Waals surface area contributed by atoms with E-state index in [1.807, 2.05) is 42.5 Å². The number of ether oxygens (including phenoxy) is 2. The summed E-state index contributed by atoms with van der Waals surface area (Å²) in [5.41, 5.74) is 0.930. The quantitative estimate of drug-likeness (QED) is 0.397. The Morgan fingerprint density at radius 2 is 1.60 bits per heavy atom. The Hall–Kier alpha value is -1.94. The number of benzene rings is 3. The molecule has 0 atom stereocenters. The largest absolute Gasteiger partial charge is 0.480 e. The van der Waals surface area contributed by atoms with Gasteiger partial charge in [0.15, 0.2) is 6.61 Å². The highest BCUT2D eigenvalue weighted by atomic mass is 35.5. The van der Waals surface area contributed by atoms with Gasteiger partial charge in [0.05, 0.1) is 15.1 Å². The molecule has 3 rings (SSSR count). The summed E-state index contributed by atoms with van der Waals surface area (Å²) in [5, 5.41) is 3.03. The van der Waals surface area contributed by atoms with Crippen molar-refractivity contribution >= 4 is 51.5 Å². The third-order valence-electron chi connectivity index (χ3n) is 3.59. The van der Waals surface area contributed by atoms with Gasteiger partial charge in [0.2, 0.25) is 0 Å². The van der Waals surface area contributed by atoms with Gasteiger partial charge in [0.1, 0.15) is 12.4 Å². The van der Waals surface area contributed by atoms with E-state index < -0.39 is 5.97 Å². The number of carbonyl (C=O) groups excluding carboxylic acids is 1. The fourth-order valence-corrected chi connectivity index (χ4v) is 2.96. The normalized spacial score (nSPS) is 10.7. The Kier molecular flexibility index (Phi) is 5.69. The summed E-state index contributed by atoms with van der Waals surface area (Å²) in [7, 11) is 0. The molecule has 0 fully saturated rings. The van der Waals surface area contributed by atoms with E-state index >= 15 is 0 Å². The number of hydrogen-bond donors (Lipinski definition) is 0. The zero-order valence-corrected chi connectivity index (χ0v) is 15.2. The number of hydrogen-bond acceptors (Lipinski definition) is 3. The van der Waals surface area contributed by atoms with Crippen molar-refractivity contribution in [3.8, 4) is 5.75 Å². The predicted octanol–water partition coefficient (Wildman–Crippen LogP) is 5.92. The molecule has 0 saturated heterocycles. The Labute approximate surface area is 160 Å². The van der Waals surface area contributed by atoms with Crippen LogP contribution in [0, 0.1) is 0 Å². The molecule has 0 aliphatic heterocycles. The number of rotatable bonds is 5. The van der Waals surface area contributed by atoms with Gasteiger partial charge >= 0.3 is 5.97 Å². The van der Waals surface area contributed by atoms with Crippen LogP contribution < -0.4 is 4.74 Å². The van der Waals surface area contributed by atoms with E-state index in [1.54, 1.807) is 0 Å². The Morgan fingerprint density at radius 1 is 0.880 bits per heavy atom. The maximum atomic E-state index is 11.9. The van der Waals surface area contributed by atoms with Gasteiger partial charge in [-0.15, -0.1) is 0 Å². The van der Waals surface area contributed by atoms with Gasteiger partial charge in [-0.25, -0.2) is 4.79 Å². The highest BCUT2D eigenvalue weighted by Gasteiger charge is 2.11. The minimum absolute atomic E-state index is 0.165. The summed E-state index contributed by atoms with van der Waals surface area (Å²) in [5.74, 6) is -0.228. The molecule has 0 heterocycles. The van der Waals surface area contributed by atoms with E-state index in [0.717, 1.165) is 16.3 Å². The fraction of sp³-hybridized carbons (Fsp3) is 0.105. The maximum Gasteiger partial charge on any atom is 0.344 e. The van der Waals surface area contributed by atoms with E-state index in [2.05, 4.69) is 0 Å². The number of esters is 1. The van der Waals surface area contributed by atoms with Crippen molar-refractivity contribution < 1.29 is 14.3 Å². The van der Waals surface area contributed by atoms with Crippen molar-refractivity contribution in [1.29, 1.82) is 0 Å². The molecule has 3 nitrogen and oxygen atoms in total. The second-order valence-corrected chi connectivity index (χ2v) is 6.51. The van der Waals surface area contributed by atoms with Crippen LogP contribution >= 0.6 is 34.8 Å². The van der Waals surface area contributed by atoms with Gasteiger partial charge in [-0.3, -0.25) is 0 Å². The molecule has 128 valence electrons. The summed E-state index contributed by atoms with van der Waals surface area (Å²) >= 11 is 17.8. The highest BCUT2D eigenvalue weighted by molar-refractivity contribution is 6.43. The van der Waals surface area contributed by atoms with Crippen LogP contribution in [-0.2, 0) is 16.1 Å². The molecule has 6 heteroatoms. The van der Waals surface area contributed by atoms with Crippen LogP contribution in [0.25, 0.3) is 10.8 Å². The lowest BCUT2D eigenvalue weighted by Crippen LogP contribution is -2.15. The standard InChI is InChI=1S/C19H13Cl3O3/c20-15-8-17(22)18(9-16(15)21)24-11-19(23)25-10-13-6-3-5-12-4-1-2-7-14(12)13/h1-9H,10-11H2. The maximum absolute atomic E-state index is 11.9. The van der Waals surface area contributed by atoms with Crippen molar-refractivity contribution in [3.63, 3.8) is 0 Å². The minimum atomic E-state index is -0.505. The molecule has 25 heavy (non-hydrogen) atoms. The van der Waals surface area contributed by atoms with Gasteiger partial charge in [0.25, 0.3) is 0 Å². The summed E-state index contributed by atoms with van der Waals surface area (Å²) in [6, 6.07) is 16.7. The van der Waals surface area contributed by atoms with Gasteiger partial charge in [-0.05, 0) is 22.4 Å². The lowest BCUT2D eigenvalue weighted by atomic mass is 10.1. The van der Waals surface area contributed by atoms with Crippen LogP contribution in [0.4, 0.5) is 0 Å². The van der Waals surface area contributed by atoms with Crippen LogP contribution in [0.5, 0.6) is 5.75 Å². The molecule has 0 aromatic heterocycles. The molecular formula is C19H13Cl3O3. The van der Waals surface area contributed by atoms with Crippen LogP contribution in [0.2, 0.25) is 15.1 Å². The lowest BCUT2D eigenvalue weighted by molar-refractivity contribution is -0.147. The monoisotopic (exact) mass is 394 g/mol. The average Bonchev–Trinajstić information content (AvgIpc) is 2.61. The molecule has 0 radical (unpaired) electrons. The van der Waals surface area contributed by atoms with Crippen molar-refractivity contribution in [2.75, 3.05) is 6.61 Å². The minimum Gasteiger partial charge on any atom is -0.480 e. The highest BCUT2D eigenvalue weighted by Crippen LogP contribution is 2.33. The third kappa shape index (κ3) is 4.37. The van der Waals surface area contributed by atoms with E-state index in [0.29, 0.717) is 10.0 Å². The molecule has 0 unspecified atom stereocenters. The number of carbonyl (C=O) groups is 1. The second-order valence-electron chi connectivity index (χ2n) is 5.28. The molecule has 0 bridgehead atoms. The number of halogens is 3. The summed E-state index contributed by atoms with van der Waals surface area (Å²) in [6.45, 7) is -0.110. The first-order valence-electron chi connectivity index (χ1n) is 7.44. The average molecular weight is 396 g/mol. The van der Waals surface area contributed by atoms with Crippen LogP contribution in [0.1, 0.15) is 5.56 Å². The first kappa shape index (κ1) is 17.9. The molecule has 3 aromatic rings. The Bertz CT molecular complexity index is 920. The van der Waals surface area contributed by atoms with Crippen LogP contribution in [0.3, 0.4) is 0 Å². The van der Waals surface area contributed by atoms with Crippen molar-refractivity contribution in [1.82, 2.24) is 0 Å². The van der Waals surface area contributed by atoms with Crippen LogP contribution in [0.15, 0.2) is 54.6 Å². The molecule has 0 amide bonds. The van der Waals surface area contributed by atoms with Gasteiger partial charge in [-0.2, -0.15) is 0 Å². The molecule has 0 saturated carbocycles. The summed E-state index contributed by atoms with van der Waals surface area (Å²) in [4.78, 5) is 11.9. The van der Waals surface area contributed by atoms with Gasteiger partial charge in [-0.1, -0.05) is 77.3 Å². The molecular weight excluding hydrogens is 383 g/mol. The first-order chi connectivity index (χ1) is 12.0. The number of fused-ring (bicyclic) bond motifs is 1.